The lowest BCUT2D eigenvalue weighted by Crippen LogP contribution is -2.10. The van der Waals surface area contributed by atoms with Crippen molar-refractivity contribution in [2.24, 2.45) is 0 Å². The van der Waals surface area contributed by atoms with Gasteiger partial charge in [-0.05, 0) is 25.5 Å². The number of nitro groups is 1. The molecule has 0 unspecified atom stereocenters. The summed E-state index contributed by atoms with van der Waals surface area (Å²) in [5, 5.41) is 20.0. The van der Waals surface area contributed by atoms with Crippen LogP contribution >= 0.6 is 0 Å². The predicted molar refractivity (Wildman–Crippen MR) is 67.5 cm³/mol. The molecule has 0 aliphatic carbocycles. The molecule has 0 bridgehead atoms. The Morgan fingerprint density at radius 2 is 2.05 bits per heavy atom. The first-order valence-corrected chi connectivity index (χ1v) is 5.89. The number of ether oxygens (including phenoxy) is 1. The van der Waals surface area contributed by atoms with Crippen LogP contribution in [0.4, 0.5) is 5.69 Å². The minimum Gasteiger partial charge on any atom is -0.466 e. The van der Waals surface area contributed by atoms with Gasteiger partial charge in [-0.2, -0.15) is 5.26 Å². The van der Waals surface area contributed by atoms with Crippen LogP contribution in [0.25, 0.3) is 0 Å². The summed E-state index contributed by atoms with van der Waals surface area (Å²) < 4.78 is 4.78. The van der Waals surface area contributed by atoms with Crippen LogP contribution in [-0.2, 0) is 22.4 Å². The molecule has 0 aliphatic heterocycles. The molecule has 1 aromatic carbocycles. The van der Waals surface area contributed by atoms with Crippen molar-refractivity contribution in [3.63, 3.8) is 0 Å². The molecule has 1 rings (SSSR count). The fourth-order valence-corrected chi connectivity index (χ4v) is 1.83. The summed E-state index contributed by atoms with van der Waals surface area (Å²) in [7, 11) is 0. The highest BCUT2D eigenvalue weighted by atomic mass is 16.6. The van der Waals surface area contributed by atoms with Crippen molar-refractivity contribution in [1.29, 1.82) is 5.26 Å². The van der Waals surface area contributed by atoms with Crippen molar-refractivity contribution >= 4 is 11.7 Å². The van der Waals surface area contributed by atoms with Crippen molar-refractivity contribution in [3.8, 4) is 6.07 Å². The Balaban J connectivity index is 3.30. The molecule has 6 nitrogen and oxygen atoms in total. The molecule has 6 heteroatoms. The lowest BCUT2D eigenvalue weighted by Gasteiger charge is -2.07. The van der Waals surface area contributed by atoms with Gasteiger partial charge in [0.15, 0.2) is 0 Å². The number of nitrogens with zero attached hydrogens (tertiary/aromatic N) is 2. The van der Waals surface area contributed by atoms with Crippen LogP contribution in [-0.4, -0.2) is 17.5 Å². The molecule has 0 heterocycles. The second-order valence-electron chi connectivity index (χ2n) is 3.85. The average Bonchev–Trinajstić information content (AvgIpc) is 2.37. The molecule has 0 amide bonds. The van der Waals surface area contributed by atoms with Gasteiger partial charge in [0.1, 0.15) is 0 Å². The predicted octanol–water partition coefficient (Wildman–Crippen LogP) is 2.13. The van der Waals surface area contributed by atoms with Crippen molar-refractivity contribution < 1.29 is 14.5 Å². The van der Waals surface area contributed by atoms with Gasteiger partial charge in [0.2, 0.25) is 0 Å². The number of nitriles is 1. The van der Waals surface area contributed by atoms with Gasteiger partial charge in [0, 0.05) is 11.1 Å². The summed E-state index contributed by atoms with van der Waals surface area (Å²) in [6, 6.07) is 4.79. The smallest absolute Gasteiger partial charge is 0.310 e. The third kappa shape index (κ3) is 3.52. The van der Waals surface area contributed by atoms with E-state index in [2.05, 4.69) is 0 Å². The van der Waals surface area contributed by atoms with E-state index in [-0.39, 0.29) is 24.3 Å². The molecule has 0 N–H and O–H groups in total. The molecule has 0 aliphatic rings. The minimum absolute atomic E-state index is 0.102. The monoisotopic (exact) mass is 262 g/mol. The number of benzene rings is 1. The largest absolute Gasteiger partial charge is 0.466 e. The van der Waals surface area contributed by atoms with E-state index in [1.54, 1.807) is 13.8 Å². The maximum atomic E-state index is 11.5. The number of rotatable bonds is 5. The first kappa shape index (κ1) is 14.6. The lowest BCUT2D eigenvalue weighted by molar-refractivity contribution is -0.386. The van der Waals surface area contributed by atoms with Gasteiger partial charge in [-0.25, -0.2) is 0 Å². The Bertz CT molecular complexity index is 546. The van der Waals surface area contributed by atoms with Crippen LogP contribution in [0.3, 0.4) is 0 Å². The number of carbonyl (C=O) groups is 1. The van der Waals surface area contributed by atoms with E-state index in [1.807, 2.05) is 6.07 Å². The second-order valence-corrected chi connectivity index (χ2v) is 3.85. The highest BCUT2D eigenvalue weighted by Crippen LogP contribution is 2.27. The first-order chi connectivity index (χ1) is 9.03. The van der Waals surface area contributed by atoms with Crippen molar-refractivity contribution in [3.05, 3.63) is 38.9 Å². The molecule has 100 valence electrons. The Hall–Kier alpha value is -2.42. The van der Waals surface area contributed by atoms with Crippen molar-refractivity contribution in [1.82, 2.24) is 0 Å². The Kier molecular flexibility index (Phi) is 5.01. The summed E-state index contributed by atoms with van der Waals surface area (Å²) in [6.07, 6.45) is 0.217. The number of aryl methyl sites for hydroxylation is 1. The zero-order valence-electron chi connectivity index (χ0n) is 10.8. The molecule has 0 atom stereocenters. The Labute approximate surface area is 110 Å². The highest BCUT2D eigenvalue weighted by molar-refractivity contribution is 5.75. The van der Waals surface area contributed by atoms with Crippen molar-refractivity contribution in [2.75, 3.05) is 6.61 Å². The lowest BCUT2D eigenvalue weighted by atomic mass is 9.99. The van der Waals surface area contributed by atoms with Crippen LogP contribution in [0.1, 0.15) is 30.5 Å². The van der Waals surface area contributed by atoms with Crippen LogP contribution in [0.15, 0.2) is 12.1 Å². The van der Waals surface area contributed by atoms with Crippen LogP contribution in [0.2, 0.25) is 0 Å². The van der Waals surface area contributed by atoms with Gasteiger partial charge < -0.3 is 4.74 Å². The number of carbonyl (C=O) groups excluding carboxylic acids is 1. The number of nitro benzene ring substituents is 1. The quantitative estimate of drug-likeness (QED) is 0.460. The fourth-order valence-electron chi connectivity index (χ4n) is 1.83. The van der Waals surface area contributed by atoms with Crippen LogP contribution in [0.5, 0.6) is 0 Å². The van der Waals surface area contributed by atoms with E-state index < -0.39 is 10.9 Å². The maximum Gasteiger partial charge on any atom is 0.310 e. The van der Waals surface area contributed by atoms with Crippen LogP contribution in [0, 0.1) is 21.4 Å². The van der Waals surface area contributed by atoms with Gasteiger partial charge in [-0.15, -0.1) is 0 Å². The highest BCUT2D eigenvalue weighted by Gasteiger charge is 2.22. The fraction of sp³-hybridized carbons (Fsp3) is 0.385. The number of hydrogen-bond acceptors (Lipinski definition) is 5. The second kappa shape index (κ2) is 6.50. The summed E-state index contributed by atoms with van der Waals surface area (Å²) in [6.45, 7) is 3.64. The number of hydrogen-bond donors (Lipinski definition) is 0. The average molecular weight is 262 g/mol. The van der Waals surface area contributed by atoms with Gasteiger partial charge in [0.25, 0.3) is 5.69 Å². The van der Waals surface area contributed by atoms with Gasteiger partial charge in [-0.1, -0.05) is 6.92 Å². The zero-order chi connectivity index (χ0) is 14.4. The van der Waals surface area contributed by atoms with E-state index in [0.717, 1.165) is 0 Å². The van der Waals surface area contributed by atoms with Gasteiger partial charge >= 0.3 is 5.97 Å². The SMILES string of the molecule is CCOC(=O)Cc1cc(C#N)cc(CC)c1[N+](=O)[O-]. The molecule has 19 heavy (non-hydrogen) atoms. The van der Waals surface area contributed by atoms with E-state index in [0.29, 0.717) is 17.5 Å². The van der Waals surface area contributed by atoms with E-state index >= 15 is 0 Å². The summed E-state index contributed by atoms with van der Waals surface area (Å²) >= 11 is 0. The molecular formula is C13H14N2O4. The minimum atomic E-state index is -0.539. The van der Waals surface area contributed by atoms with Crippen LogP contribution < -0.4 is 0 Å². The molecule has 0 fully saturated rings. The van der Waals surface area contributed by atoms with E-state index in [9.17, 15) is 14.9 Å². The summed E-state index contributed by atoms with van der Waals surface area (Å²) in [4.78, 5) is 22.1. The van der Waals surface area contributed by atoms with Crippen molar-refractivity contribution in [2.45, 2.75) is 26.7 Å². The standard InChI is InChI=1S/C13H14N2O4/c1-3-10-5-9(8-14)6-11(13(10)15(17)18)7-12(16)19-4-2/h5-6H,3-4,7H2,1-2H3. The maximum absolute atomic E-state index is 11.5. The van der Waals surface area contributed by atoms with E-state index in [1.165, 1.54) is 12.1 Å². The molecule has 0 spiro atoms. The zero-order valence-corrected chi connectivity index (χ0v) is 10.8. The third-order valence-electron chi connectivity index (χ3n) is 2.60. The molecule has 0 aromatic heterocycles. The van der Waals surface area contributed by atoms with Gasteiger partial charge in [0.05, 0.1) is 29.6 Å². The first-order valence-electron chi connectivity index (χ1n) is 5.89. The number of esters is 1. The summed E-state index contributed by atoms with van der Waals surface area (Å²) in [5.74, 6) is -0.539. The topological polar surface area (TPSA) is 93.2 Å². The van der Waals surface area contributed by atoms with Gasteiger partial charge in [-0.3, -0.25) is 14.9 Å². The molecule has 0 radical (unpaired) electrons. The molecule has 0 saturated carbocycles. The normalized spacial score (nSPS) is 9.74. The Morgan fingerprint density at radius 3 is 2.53 bits per heavy atom. The summed E-state index contributed by atoms with van der Waals surface area (Å²) in [5.41, 5.74) is 0.874. The van der Waals surface area contributed by atoms with E-state index in [4.69, 9.17) is 10.00 Å². The third-order valence-corrected chi connectivity index (χ3v) is 2.60. The Morgan fingerprint density at radius 1 is 1.42 bits per heavy atom. The molecular weight excluding hydrogens is 248 g/mol. The molecule has 0 saturated heterocycles. The molecule has 1 aromatic rings.